The Bertz CT molecular complexity index is 686. The lowest BCUT2D eigenvalue weighted by Crippen LogP contribution is -2.51. The van der Waals surface area contributed by atoms with Crippen LogP contribution in [-0.2, 0) is 15.8 Å². The van der Waals surface area contributed by atoms with Crippen LogP contribution in [0.4, 0.5) is 18.9 Å². The van der Waals surface area contributed by atoms with Crippen molar-refractivity contribution in [2.24, 2.45) is 0 Å². The molecule has 0 bridgehead atoms. The second-order valence-electron chi connectivity index (χ2n) is 7.31. The Labute approximate surface area is 163 Å². The van der Waals surface area contributed by atoms with Gasteiger partial charge in [-0.15, -0.1) is 0 Å². The molecule has 9 heteroatoms. The topological polar surface area (TPSA) is 55.9 Å². The number of nitrogens with one attached hydrogen (secondary N) is 1. The van der Waals surface area contributed by atoms with E-state index in [-0.39, 0.29) is 30.9 Å². The van der Waals surface area contributed by atoms with Crippen LogP contribution >= 0.6 is 0 Å². The number of carbonyl (C=O) groups excluding carboxylic acids is 2. The Morgan fingerprint density at radius 3 is 2.36 bits per heavy atom. The molecule has 1 N–H and O–H groups in total. The predicted molar refractivity (Wildman–Crippen MR) is 101 cm³/mol. The summed E-state index contributed by atoms with van der Waals surface area (Å²) in [5.41, 5.74) is -0.172. The summed E-state index contributed by atoms with van der Waals surface area (Å²) in [5.74, 6) is -0.233. The molecule has 1 saturated heterocycles. The average molecular weight is 400 g/mol. The number of alkyl halides is 3. The first-order valence-corrected chi connectivity index (χ1v) is 9.24. The van der Waals surface area contributed by atoms with Gasteiger partial charge in [0.15, 0.2) is 0 Å². The van der Waals surface area contributed by atoms with Crippen LogP contribution in [0.25, 0.3) is 0 Å². The van der Waals surface area contributed by atoms with Gasteiger partial charge in [-0.3, -0.25) is 14.5 Å². The number of amides is 2. The van der Waals surface area contributed by atoms with Gasteiger partial charge in [0.05, 0.1) is 18.7 Å². The second-order valence-corrected chi connectivity index (χ2v) is 7.31. The van der Waals surface area contributed by atoms with Gasteiger partial charge in [-0.25, -0.2) is 0 Å². The fourth-order valence-electron chi connectivity index (χ4n) is 3.09. The maximum atomic E-state index is 12.9. The van der Waals surface area contributed by atoms with Gasteiger partial charge in [-0.05, 0) is 39.1 Å². The van der Waals surface area contributed by atoms with Crippen molar-refractivity contribution in [2.45, 2.75) is 26.1 Å². The van der Waals surface area contributed by atoms with E-state index < -0.39 is 11.7 Å². The third-order valence-electron chi connectivity index (χ3n) is 4.44. The van der Waals surface area contributed by atoms with E-state index in [1.807, 2.05) is 18.7 Å². The van der Waals surface area contributed by atoms with E-state index in [0.29, 0.717) is 31.9 Å². The predicted octanol–water partition coefficient (Wildman–Crippen LogP) is 1.81. The van der Waals surface area contributed by atoms with E-state index in [9.17, 15) is 22.8 Å². The van der Waals surface area contributed by atoms with Crippen LogP contribution in [0.2, 0.25) is 0 Å². The first-order chi connectivity index (χ1) is 13.1. The van der Waals surface area contributed by atoms with Crippen LogP contribution in [0, 0.1) is 0 Å². The van der Waals surface area contributed by atoms with Crippen LogP contribution < -0.4 is 10.2 Å². The van der Waals surface area contributed by atoms with Gasteiger partial charge in [-0.1, -0.05) is 6.07 Å². The highest BCUT2D eigenvalue weighted by Gasteiger charge is 2.31. The zero-order valence-corrected chi connectivity index (χ0v) is 16.4. The minimum atomic E-state index is -4.37. The molecule has 0 saturated carbocycles. The minimum Gasteiger partial charge on any atom is -0.368 e. The maximum absolute atomic E-state index is 12.9. The lowest BCUT2D eigenvalue weighted by molar-refractivity contribution is -0.137. The lowest BCUT2D eigenvalue weighted by atomic mass is 10.1. The number of anilines is 1. The summed E-state index contributed by atoms with van der Waals surface area (Å²) in [6.07, 6.45) is -4.37. The third kappa shape index (κ3) is 6.40. The zero-order chi connectivity index (χ0) is 20.9. The number of halogens is 3. The number of hydrogen-bond acceptors (Lipinski definition) is 4. The van der Waals surface area contributed by atoms with Crippen molar-refractivity contribution in [1.82, 2.24) is 15.1 Å². The average Bonchev–Trinajstić information content (AvgIpc) is 2.60. The molecule has 2 rings (SSSR count). The van der Waals surface area contributed by atoms with Crippen LogP contribution in [-0.4, -0.2) is 74.0 Å². The molecular formula is C19H27F3N4O2. The van der Waals surface area contributed by atoms with Crippen molar-refractivity contribution < 1.29 is 22.8 Å². The van der Waals surface area contributed by atoms with Crippen molar-refractivity contribution in [2.75, 3.05) is 51.2 Å². The quantitative estimate of drug-likeness (QED) is 0.792. The second kappa shape index (κ2) is 9.27. The SMILES string of the molecule is CC(C)NC(=O)CN(C)CC(=O)N1CCN(c2cccc(C(F)(F)F)c2)CC1. The number of nitrogens with zero attached hydrogens (tertiary/aromatic N) is 3. The molecule has 0 spiro atoms. The molecule has 1 aromatic rings. The molecule has 1 aliphatic heterocycles. The molecule has 2 amide bonds. The minimum absolute atomic E-state index is 0.0422. The number of hydrogen-bond donors (Lipinski definition) is 1. The largest absolute Gasteiger partial charge is 0.416 e. The molecule has 6 nitrogen and oxygen atoms in total. The van der Waals surface area contributed by atoms with Gasteiger partial charge in [0, 0.05) is 37.9 Å². The molecule has 28 heavy (non-hydrogen) atoms. The lowest BCUT2D eigenvalue weighted by Gasteiger charge is -2.37. The molecule has 1 aliphatic rings. The third-order valence-corrected chi connectivity index (χ3v) is 4.44. The summed E-state index contributed by atoms with van der Waals surface area (Å²) in [6.45, 7) is 5.78. The maximum Gasteiger partial charge on any atom is 0.416 e. The standard InChI is InChI=1S/C19H27F3N4O2/c1-14(2)23-17(27)12-24(3)13-18(28)26-9-7-25(8-10-26)16-6-4-5-15(11-16)19(20,21)22/h4-6,11,14H,7-10,12-13H2,1-3H3,(H,23,27). The molecule has 0 aromatic heterocycles. The van der Waals surface area contributed by atoms with Crippen molar-refractivity contribution >= 4 is 17.5 Å². The van der Waals surface area contributed by atoms with E-state index >= 15 is 0 Å². The summed E-state index contributed by atoms with van der Waals surface area (Å²) < 4.78 is 38.6. The van der Waals surface area contributed by atoms with Gasteiger partial charge >= 0.3 is 6.18 Å². The molecule has 0 radical (unpaired) electrons. The fraction of sp³-hybridized carbons (Fsp3) is 0.579. The molecule has 1 aromatic carbocycles. The Morgan fingerprint density at radius 2 is 1.79 bits per heavy atom. The summed E-state index contributed by atoms with van der Waals surface area (Å²) in [6, 6.07) is 5.27. The number of rotatable bonds is 6. The zero-order valence-electron chi connectivity index (χ0n) is 16.4. The first-order valence-electron chi connectivity index (χ1n) is 9.24. The van der Waals surface area contributed by atoms with Crippen LogP contribution in [0.5, 0.6) is 0 Å². The Morgan fingerprint density at radius 1 is 1.14 bits per heavy atom. The van der Waals surface area contributed by atoms with Gasteiger partial charge < -0.3 is 15.1 Å². The van der Waals surface area contributed by atoms with Gasteiger partial charge in [0.25, 0.3) is 0 Å². The van der Waals surface area contributed by atoms with Gasteiger partial charge in [-0.2, -0.15) is 13.2 Å². The molecule has 1 fully saturated rings. The molecule has 156 valence electrons. The molecule has 1 heterocycles. The first kappa shape index (κ1) is 22.0. The highest BCUT2D eigenvalue weighted by atomic mass is 19.4. The summed E-state index contributed by atoms with van der Waals surface area (Å²) in [5, 5.41) is 2.77. The van der Waals surface area contributed by atoms with E-state index in [1.54, 1.807) is 22.9 Å². The number of carbonyl (C=O) groups is 2. The van der Waals surface area contributed by atoms with Crippen molar-refractivity contribution in [3.63, 3.8) is 0 Å². The van der Waals surface area contributed by atoms with E-state index in [2.05, 4.69) is 5.32 Å². The Balaban J connectivity index is 1.85. The Hall–Kier alpha value is -2.29. The van der Waals surface area contributed by atoms with Gasteiger partial charge in [0.1, 0.15) is 0 Å². The molecular weight excluding hydrogens is 373 g/mol. The molecule has 0 atom stereocenters. The van der Waals surface area contributed by atoms with E-state index in [4.69, 9.17) is 0 Å². The van der Waals surface area contributed by atoms with E-state index in [1.165, 1.54) is 6.07 Å². The normalized spacial score (nSPS) is 15.3. The number of likely N-dealkylation sites (N-methyl/N-ethyl adjacent to an activating group) is 1. The van der Waals surface area contributed by atoms with Crippen LogP contribution in [0.1, 0.15) is 19.4 Å². The summed E-state index contributed by atoms with van der Waals surface area (Å²) in [7, 11) is 1.71. The monoisotopic (exact) mass is 400 g/mol. The van der Waals surface area contributed by atoms with Gasteiger partial charge in [0.2, 0.25) is 11.8 Å². The van der Waals surface area contributed by atoms with E-state index in [0.717, 1.165) is 12.1 Å². The highest BCUT2D eigenvalue weighted by molar-refractivity contribution is 5.81. The van der Waals surface area contributed by atoms with Crippen LogP contribution in [0.3, 0.4) is 0 Å². The number of benzene rings is 1. The van der Waals surface area contributed by atoms with Crippen molar-refractivity contribution in [1.29, 1.82) is 0 Å². The highest BCUT2D eigenvalue weighted by Crippen LogP contribution is 2.31. The fourth-order valence-corrected chi connectivity index (χ4v) is 3.09. The number of piperazine rings is 1. The molecule has 0 unspecified atom stereocenters. The summed E-state index contributed by atoms with van der Waals surface area (Å²) in [4.78, 5) is 29.4. The van der Waals surface area contributed by atoms with Crippen molar-refractivity contribution in [3.05, 3.63) is 29.8 Å². The van der Waals surface area contributed by atoms with Crippen LogP contribution in [0.15, 0.2) is 24.3 Å². The van der Waals surface area contributed by atoms with Crippen molar-refractivity contribution in [3.8, 4) is 0 Å². The smallest absolute Gasteiger partial charge is 0.368 e. The summed E-state index contributed by atoms with van der Waals surface area (Å²) >= 11 is 0. The molecule has 0 aliphatic carbocycles. The Kier molecular flexibility index (Phi) is 7.29.